The second-order valence-corrected chi connectivity index (χ2v) is 8.49. The molecule has 0 saturated carbocycles. The molecule has 180 valence electrons. The number of carbonyl (C=O) groups is 1. The topological polar surface area (TPSA) is 106 Å². The number of amides is 1. The van der Waals surface area contributed by atoms with Gasteiger partial charge in [0.2, 0.25) is 11.9 Å². The molecule has 37 heavy (non-hydrogen) atoms. The maximum atomic E-state index is 13.2. The standard InChI is InChI=1S/C29H21N5O3/c35-27(16-21-12-6-11-19-8-4-5-13-22(19)21)31-26-17-24(25-14-7-15-37-25)33-34(26)29-30-23(18-28(36)32-29)20-9-2-1-3-10-20/h1-15,17-18H,16H2,(H,31,35)(H,30,32,36). The number of aromatic amines is 1. The zero-order chi connectivity index (χ0) is 25.2. The van der Waals surface area contributed by atoms with Crippen molar-refractivity contribution in [1.29, 1.82) is 0 Å². The van der Waals surface area contributed by atoms with Gasteiger partial charge in [-0.3, -0.25) is 14.6 Å². The van der Waals surface area contributed by atoms with Gasteiger partial charge in [-0.05, 0) is 28.5 Å². The van der Waals surface area contributed by atoms with Crippen LogP contribution in [0.4, 0.5) is 5.82 Å². The fraction of sp³-hybridized carbons (Fsp3) is 0.0345. The van der Waals surface area contributed by atoms with Crippen molar-refractivity contribution in [3.8, 4) is 28.7 Å². The highest BCUT2D eigenvalue weighted by Crippen LogP contribution is 2.26. The Morgan fingerprint density at radius 3 is 2.54 bits per heavy atom. The van der Waals surface area contributed by atoms with Crippen molar-refractivity contribution in [2.45, 2.75) is 6.42 Å². The maximum absolute atomic E-state index is 13.2. The highest BCUT2D eigenvalue weighted by atomic mass is 16.3. The first-order valence-corrected chi connectivity index (χ1v) is 11.7. The molecule has 3 heterocycles. The number of aromatic nitrogens is 4. The van der Waals surface area contributed by atoms with Crippen LogP contribution in [0.2, 0.25) is 0 Å². The minimum absolute atomic E-state index is 0.163. The number of hydrogen-bond acceptors (Lipinski definition) is 5. The fourth-order valence-electron chi connectivity index (χ4n) is 4.28. The van der Waals surface area contributed by atoms with E-state index in [2.05, 4.69) is 20.4 Å². The molecule has 0 unspecified atom stereocenters. The smallest absolute Gasteiger partial charge is 0.252 e. The Labute approximate surface area is 211 Å². The monoisotopic (exact) mass is 487 g/mol. The predicted octanol–water partition coefficient (Wildman–Crippen LogP) is 5.22. The third-order valence-corrected chi connectivity index (χ3v) is 5.98. The van der Waals surface area contributed by atoms with E-state index in [4.69, 9.17) is 4.42 Å². The summed E-state index contributed by atoms with van der Waals surface area (Å²) in [6.45, 7) is 0. The summed E-state index contributed by atoms with van der Waals surface area (Å²) in [6.07, 6.45) is 1.71. The van der Waals surface area contributed by atoms with Crippen molar-refractivity contribution in [1.82, 2.24) is 19.7 Å². The summed E-state index contributed by atoms with van der Waals surface area (Å²) in [6, 6.07) is 29.9. The summed E-state index contributed by atoms with van der Waals surface area (Å²) < 4.78 is 6.92. The van der Waals surface area contributed by atoms with Gasteiger partial charge in [0, 0.05) is 17.7 Å². The van der Waals surface area contributed by atoms with Crippen LogP contribution in [0.5, 0.6) is 0 Å². The van der Waals surface area contributed by atoms with Gasteiger partial charge in [0.05, 0.1) is 18.4 Å². The van der Waals surface area contributed by atoms with Gasteiger partial charge < -0.3 is 9.73 Å². The number of rotatable bonds is 6. The number of nitrogens with one attached hydrogen (secondary N) is 2. The number of nitrogens with zero attached hydrogens (tertiary/aromatic N) is 3. The molecule has 0 radical (unpaired) electrons. The van der Waals surface area contributed by atoms with Gasteiger partial charge in [-0.25, -0.2) is 4.98 Å². The number of hydrogen-bond donors (Lipinski definition) is 2. The summed E-state index contributed by atoms with van der Waals surface area (Å²) in [7, 11) is 0. The average Bonchev–Trinajstić information content (AvgIpc) is 3.60. The molecule has 0 aliphatic heterocycles. The van der Waals surface area contributed by atoms with Crippen LogP contribution in [-0.2, 0) is 11.2 Å². The minimum atomic E-state index is -0.341. The van der Waals surface area contributed by atoms with E-state index in [9.17, 15) is 9.59 Å². The number of carbonyl (C=O) groups excluding carboxylic acids is 1. The first-order chi connectivity index (χ1) is 18.1. The van der Waals surface area contributed by atoms with Crippen LogP contribution >= 0.6 is 0 Å². The number of furan rings is 1. The van der Waals surface area contributed by atoms with E-state index in [0.717, 1.165) is 21.9 Å². The van der Waals surface area contributed by atoms with Crippen LogP contribution in [-0.4, -0.2) is 25.7 Å². The Bertz CT molecular complexity index is 1760. The van der Waals surface area contributed by atoms with Gasteiger partial charge in [0.25, 0.3) is 5.56 Å². The van der Waals surface area contributed by atoms with E-state index >= 15 is 0 Å². The van der Waals surface area contributed by atoms with Crippen molar-refractivity contribution in [3.05, 3.63) is 119 Å². The number of fused-ring (bicyclic) bond motifs is 1. The Kier molecular flexibility index (Phi) is 5.67. The molecule has 0 fully saturated rings. The second-order valence-electron chi connectivity index (χ2n) is 8.49. The number of benzene rings is 3. The summed E-state index contributed by atoms with van der Waals surface area (Å²) in [5, 5.41) is 9.61. The zero-order valence-electron chi connectivity index (χ0n) is 19.6. The molecular formula is C29H21N5O3. The molecule has 8 nitrogen and oxygen atoms in total. The lowest BCUT2D eigenvalue weighted by atomic mass is 10.0. The van der Waals surface area contributed by atoms with Gasteiger partial charge in [-0.2, -0.15) is 9.78 Å². The fourth-order valence-corrected chi connectivity index (χ4v) is 4.28. The Morgan fingerprint density at radius 2 is 1.70 bits per heavy atom. The summed E-state index contributed by atoms with van der Waals surface area (Å²) in [5.74, 6) is 0.810. The van der Waals surface area contributed by atoms with Crippen LogP contribution < -0.4 is 10.9 Å². The lowest BCUT2D eigenvalue weighted by molar-refractivity contribution is -0.115. The van der Waals surface area contributed by atoms with E-state index in [1.54, 1.807) is 24.5 Å². The number of anilines is 1. The molecule has 6 aromatic rings. The Hall–Kier alpha value is -5.24. The Morgan fingerprint density at radius 1 is 0.892 bits per heavy atom. The van der Waals surface area contributed by atoms with E-state index in [0.29, 0.717) is 23.0 Å². The predicted molar refractivity (Wildman–Crippen MR) is 141 cm³/mol. The highest BCUT2D eigenvalue weighted by molar-refractivity contribution is 5.96. The molecule has 1 amide bonds. The normalized spacial score (nSPS) is 11.0. The van der Waals surface area contributed by atoms with Crippen molar-refractivity contribution in [2.75, 3.05) is 5.32 Å². The zero-order valence-corrected chi connectivity index (χ0v) is 19.6. The molecule has 3 aromatic carbocycles. The molecule has 2 N–H and O–H groups in total. The van der Waals surface area contributed by atoms with Gasteiger partial charge in [0.1, 0.15) is 11.5 Å². The summed E-state index contributed by atoms with van der Waals surface area (Å²) >= 11 is 0. The third kappa shape index (κ3) is 4.55. The molecule has 0 atom stereocenters. The first kappa shape index (κ1) is 22.2. The molecule has 0 bridgehead atoms. The molecule has 0 aliphatic carbocycles. The second kappa shape index (κ2) is 9.43. The minimum Gasteiger partial charge on any atom is -0.463 e. The van der Waals surface area contributed by atoms with Crippen LogP contribution in [0.15, 0.2) is 113 Å². The van der Waals surface area contributed by atoms with E-state index in [-0.39, 0.29) is 23.8 Å². The van der Waals surface area contributed by atoms with E-state index in [1.807, 2.05) is 72.8 Å². The molecular weight excluding hydrogens is 466 g/mol. The molecule has 6 rings (SSSR count). The summed E-state index contributed by atoms with van der Waals surface area (Å²) in [4.78, 5) is 33.1. The van der Waals surface area contributed by atoms with Crippen molar-refractivity contribution >= 4 is 22.5 Å². The van der Waals surface area contributed by atoms with E-state index < -0.39 is 0 Å². The van der Waals surface area contributed by atoms with Crippen molar-refractivity contribution in [2.24, 2.45) is 0 Å². The maximum Gasteiger partial charge on any atom is 0.252 e. The summed E-state index contributed by atoms with van der Waals surface area (Å²) in [5.41, 5.74) is 2.33. The number of H-pyrrole nitrogens is 1. The molecule has 8 heteroatoms. The average molecular weight is 488 g/mol. The van der Waals surface area contributed by atoms with Gasteiger partial charge >= 0.3 is 0 Å². The van der Waals surface area contributed by atoms with Gasteiger partial charge in [-0.15, -0.1) is 0 Å². The molecule has 0 aliphatic rings. The highest BCUT2D eigenvalue weighted by Gasteiger charge is 2.18. The first-order valence-electron chi connectivity index (χ1n) is 11.7. The van der Waals surface area contributed by atoms with E-state index in [1.165, 1.54) is 10.7 Å². The molecule has 3 aromatic heterocycles. The SMILES string of the molecule is O=C(Cc1cccc2ccccc12)Nc1cc(-c2ccco2)nn1-c1nc(-c2ccccc2)cc(=O)[nH]1. The largest absolute Gasteiger partial charge is 0.463 e. The quantitative estimate of drug-likeness (QED) is 0.335. The lowest BCUT2D eigenvalue weighted by Crippen LogP contribution is -2.20. The lowest BCUT2D eigenvalue weighted by Gasteiger charge is -2.10. The third-order valence-electron chi connectivity index (χ3n) is 5.98. The Balaban J connectivity index is 1.38. The van der Waals surface area contributed by atoms with Crippen LogP contribution in [0.1, 0.15) is 5.56 Å². The van der Waals surface area contributed by atoms with Gasteiger partial charge in [0.15, 0.2) is 5.76 Å². The van der Waals surface area contributed by atoms with Crippen molar-refractivity contribution in [3.63, 3.8) is 0 Å². The van der Waals surface area contributed by atoms with Gasteiger partial charge in [-0.1, -0.05) is 72.8 Å². The van der Waals surface area contributed by atoms with Crippen molar-refractivity contribution < 1.29 is 9.21 Å². The molecule has 0 saturated heterocycles. The van der Waals surface area contributed by atoms with Crippen LogP contribution in [0.25, 0.3) is 39.4 Å². The van der Waals surface area contributed by atoms with Crippen LogP contribution in [0.3, 0.4) is 0 Å². The van der Waals surface area contributed by atoms with Crippen LogP contribution in [0, 0.1) is 0 Å². The molecule has 0 spiro atoms.